The number of ether oxygens (including phenoxy) is 2. The number of aryl methyl sites for hydroxylation is 2. The zero-order chi connectivity index (χ0) is 25.1. The van der Waals surface area contributed by atoms with Crippen LogP contribution < -0.4 is 14.4 Å². The molecular weight excluding hydrogens is 591 g/mol. The molecule has 3 aromatic rings. The molecule has 1 saturated heterocycles. The van der Waals surface area contributed by atoms with Gasteiger partial charge in [-0.25, -0.2) is 0 Å². The summed E-state index contributed by atoms with van der Waals surface area (Å²) in [6, 6.07) is 19.2. The maximum absolute atomic E-state index is 13.2. The van der Waals surface area contributed by atoms with Gasteiger partial charge < -0.3 is 9.47 Å². The number of methoxy groups -OCH3 is 1. The molecule has 1 heterocycles. The van der Waals surface area contributed by atoms with E-state index < -0.39 is 0 Å². The molecule has 0 saturated carbocycles. The molecule has 1 aliphatic rings. The summed E-state index contributed by atoms with van der Waals surface area (Å²) >= 11 is 9.01. The lowest BCUT2D eigenvalue weighted by Crippen LogP contribution is -2.28. The van der Waals surface area contributed by atoms with Crippen molar-refractivity contribution in [3.05, 3.63) is 90.9 Å². The van der Waals surface area contributed by atoms with Gasteiger partial charge in [-0.05, 0) is 77.9 Å². The van der Waals surface area contributed by atoms with Gasteiger partial charge in [0.1, 0.15) is 6.61 Å². The minimum Gasteiger partial charge on any atom is -0.493 e. The number of amides is 1. The number of nitriles is 1. The van der Waals surface area contributed by atoms with E-state index in [-0.39, 0.29) is 12.5 Å². The summed E-state index contributed by atoms with van der Waals surface area (Å²) in [5, 5.41) is 9.32. The highest BCUT2D eigenvalue weighted by molar-refractivity contribution is 14.1. The van der Waals surface area contributed by atoms with Crippen molar-refractivity contribution in [3.63, 3.8) is 0 Å². The molecule has 4 rings (SSSR count). The number of hydrogen-bond donors (Lipinski definition) is 0. The van der Waals surface area contributed by atoms with E-state index in [4.69, 9.17) is 21.7 Å². The van der Waals surface area contributed by atoms with Crippen LogP contribution in [0.4, 0.5) is 5.69 Å². The summed E-state index contributed by atoms with van der Waals surface area (Å²) < 4.78 is 13.0. The summed E-state index contributed by atoms with van der Waals surface area (Å²) in [5.74, 6) is 0.984. The van der Waals surface area contributed by atoms with E-state index in [1.54, 1.807) is 18.1 Å². The highest BCUT2D eigenvalue weighted by Crippen LogP contribution is 2.40. The van der Waals surface area contributed by atoms with Gasteiger partial charge in [-0.2, -0.15) is 5.26 Å². The Morgan fingerprint density at radius 2 is 1.94 bits per heavy atom. The number of thioether (sulfide) groups is 1. The first kappa shape index (κ1) is 25.2. The lowest BCUT2D eigenvalue weighted by molar-refractivity contribution is -0.113. The zero-order valence-electron chi connectivity index (χ0n) is 19.3. The maximum Gasteiger partial charge on any atom is 0.270 e. The molecule has 0 bridgehead atoms. The Hall–Kier alpha value is -2.87. The normalized spacial score (nSPS) is 14.4. The molecule has 1 amide bonds. The van der Waals surface area contributed by atoms with Crippen molar-refractivity contribution in [2.45, 2.75) is 20.5 Å². The van der Waals surface area contributed by atoms with Crippen LogP contribution in [0.2, 0.25) is 0 Å². The third kappa shape index (κ3) is 5.37. The van der Waals surface area contributed by atoms with Gasteiger partial charge >= 0.3 is 0 Å². The molecule has 0 atom stereocenters. The topological polar surface area (TPSA) is 62.6 Å². The molecule has 3 aromatic carbocycles. The molecular formula is C27H21IN2O3S2. The van der Waals surface area contributed by atoms with Crippen molar-refractivity contribution >= 4 is 68.6 Å². The standard InChI is InChI=1S/C27H21IN2O3S2/c1-16-8-9-22(17(2)10-16)30-26(31)24(35-27(30)34)13-18-11-21(28)25(23(12-18)32-3)33-15-20-7-5-4-6-19(20)14-29/h4-13H,15H2,1-3H3/b24-13-. The van der Waals surface area contributed by atoms with Crippen LogP contribution in [0, 0.1) is 28.7 Å². The fraction of sp³-hybridized carbons (Fsp3) is 0.148. The Labute approximate surface area is 227 Å². The number of anilines is 1. The Kier molecular flexibility index (Phi) is 7.79. The lowest BCUT2D eigenvalue weighted by atomic mass is 10.1. The predicted octanol–water partition coefficient (Wildman–Crippen LogP) is 6.77. The van der Waals surface area contributed by atoms with Gasteiger partial charge in [0.05, 0.1) is 32.9 Å². The Bertz CT molecular complexity index is 1410. The predicted molar refractivity (Wildman–Crippen MR) is 153 cm³/mol. The highest BCUT2D eigenvalue weighted by Gasteiger charge is 2.34. The number of thiocarbonyl (C=S) groups is 1. The van der Waals surface area contributed by atoms with E-state index in [2.05, 4.69) is 28.7 Å². The van der Waals surface area contributed by atoms with Crippen LogP contribution in [0.1, 0.15) is 27.8 Å². The molecule has 0 N–H and O–H groups in total. The van der Waals surface area contributed by atoms with Crippen molar-refractivity contribution < 1.29 is 14.3 Å². The van der Waals surface area contributed by atoms with Gasteiger partial charge in [-0.15, -0.1) is 0 Å². The molecule has 176 valence electrons. The third-order valence-electron chi connectivity index (χ3n) is 5.45. The Morgan fingerprint density at radius 1 is 1.17 bits per heavy atom. The smallest absolute Gasteiger partial charge is 0.270 e. The SMILES string of the molecule is COc1cc(/C=C2\SC(=S)N(c3ccc(C)cc3C)C2=O)cc(I)c1OCc1ccccc1C#N. The van der Waals surface area contributed by atoms with Crippen molar-refractivity contribution in [2.75, 3.05) is 12.0 Å². The Morgan fingerprint density at radius 3 is 2.66 bits per heavy atom. The number of carbonyl (C=O) groups excluding carboxylic acids is 1. The molecule has 0 unspecified atom stereocenters. The monoisotopic (exact) mass is 612 g/mol. The first-order chi connectivity index (χ1) is 16.8. The minimum atomic E-state index is -0.144. The molecule has 0 aliphatic carbocycles. The van der Waals surface area contributed by atoms with Crippen LogP contribution in [0.25, 0.3) is 6.08 Å². The van der Waals surface area contributed by atoms with E-state index in [1.165, 1.54) is 11.8 Å². The summed E-state index contributed by atoms with van der Waals surface area (Å²) in [4.78, 5) is 15.4. The van der Waals surface area contributed by atoms with Crippen molar-refractivity contribution in [2.24, 2.45) is 0 Å². The second-order valence-corrected chi connectivity index (χ2v) is 10.7. The molecule has 0 spiro atoms. The highest BCUT2D eigenvalue weighted by atomic mass is 127. The molecule has 0 aromatic heterocycles. The summed E-state index contributed by atoms with van der Waals surface area (Å²) in [7, 11) is 1.57. The van der Waals surface area contributed by atoms with Crippen molar-refractivity contribution in [1.82, 2.24) is 0 Å². The first-order valence-electron chi connectivity index (χ1n) is 10.7. The number of rotatable bonds is 6. The average Bonchev–Trinajstić information content (AvgIpc) is 3.10. The van der Waals surface area contributed by atoms with Crippen LogP contribution in [0.15, 0.2) is 59.5 Å². The number of benzene rings is 3. The average molecular weight is 613 g/mol. The fourth-order valence-corrected chi connectivity index (χ4v) is 5.82. The van der Waals surface area contributed by atoms with Crippen LogP contribution in [0.5, 0.6) is 11.5 Å². The lowest BCUT2D eigenvalue weighted by Gasteiger charge is -2.17. The second kappa shape index (κ2) is 10.8. The summed E-state index contributed by atoms with van der Waals surface area (Å²) in [5.41, 5.74) is 5.11. The maximum atomic E-state index is 13.2. The van der Waals surface area contributed by atoms with Gasteiger partial charge in [-0.3, -0.25) is 9.69 Å². The summed E-state index contributed by atoms with van der Waals surface area (Å²) in [6.45, 7) is 4.24. The number of hydrogen-bond acceptors (Lipinski definition) is 6. The number of halogens is 1. The van der Waals surface area contributed by atoms with Gasteiger partial charge in [0.15, 0.2) is 15.8 Å². The second-order valence-electron chi connectivity index (χ2n) is 7.90. The largest absolute Gasteiger partial charge is 0.493 e. The van der Waals surface area contributed by atoms with Gasteiger partial charge in [0.25, 0.3) is 5.91 Å². The molecule has 1 aliphatic heterocycles. The minimum absolute atomic E-state index is 0.144. The quantitative estimate of drug-likeness (QED) is 0.174. The number of nitrogens with zero attached hydrogens (tertiary/aromatic N) is 2. The Balaban J connectivity index is 1.60. The molecule has 1 fully saturated rings. The summed E-state index contributed by atoms with van der Waals surface area (Å²) in [6.07, 6.45) is 1.82. The van der Waals surface area contributed by atoms with E-state index in [1.807, 2.05) is 68.5 Å². The first-order valence-corrected chi connectivity index (χ1v) is 13.0. The van der Waals surface area contributed by atoms with Crippen LogP contribution in [-0.4, -0.2) is 17.3 Å². The number of carbonyl (C=O) groups is 1. The molecule has 8 heteroatoms. The van der Waals surface area contributed by atoms with Crippen molar-refractivity contribution in [3.8, 4) is 17.6 Å². The van der Waals surface area contributed by atoms with Crippen LogP contribution in [0.3, 0.4) is 0 Å². The van der Waals surface area contributed by atoms with Crippen LogP contribution >= 0.6 is 46.6 Å². The zero-order valence-corrected chi connectivity index (χ0v) is 23.1. The van der Waals surface area contributed by atoms with Gasteiger partial charge in [0.2, 0.25) is 0 Å². The molecule has 5 nitrogen and oxygen atoms in total. The van der Waals surface area contributed by atoms with E-state index in [9.17, 15) is 10.1 Å². The fourth-order valence-electron chi connectivity index (χ4n) is 3.75. The van der Waals surface area contributed by atoms with E-state index in [0.717, 1.165) is 31.5 Å². The van der Waals surface area contributed by atoms with Crippen molar-refractivity contribution in [1.29, 1.82) is 5.26 Å². The van der Waals surface area contributed by atoms with E-state index >= 15 is 0 Å². The third-order valence-corrected chi connectivity index (χ3v) is 7.55. The molecule has 35 heavy (non-hydrogen) atoms. The van der Waals surface area contributed by atoms with Crippen LogP contribution in [-0.2, 0) is 11.4 Å². The van der Waals surface area contributed by atoms with Gasteiger partial charge in [-0.1, -0.05) is 59.9 Å². The molecule has 0 radical (unpaired) electrons. The van der Waals surface area contributed by atoms with Gasteiger partial charge in [0, 0.05) is 5.56 Å². The van der Waals surface area contributed by atoms with E-state index in [0.29, 0.717) is 26.3 Å².